The minimum Gasteiger partial charge on any atom is -0.497 e. The van der Waals surface area contributed by atoms with Crippen molar-refractivity contribution in [2.24, 2.45) is 11.0 Å². The molecule has 0 heterocycles. The van der Waals surface area contributed by atoms with Crippen molar-refractivity contribution >= 4 is 28.7 Å². The second-order valence-electron chi connectivity index (χ2n) is 5.17. The Bertz CT molecular complexity index is 484. The lowest BCUT2D eigenvalue weighted by Gasteiger charge is -2.19. The van der Waals surface area contributed by atoms with Gasteiger partial charge in [0, 0.05) is 11.4 Å². The first-order valence-electron chi connectivity index (χ1n) is 6.94. The molecule has 1 aliphatic rings. The summed E-state index contributed by atoms with van der Waals surface area (Å²) in [5.74, 6) is 1.55. The monoisotopic (exact) mass is 291 g/mol. The van der Waals surface area contributed by atoms with Gasteiger partial charge in [0.2, 0.25) is 0 Å². The first-order chi connectivity index (χ1) is 9.67. The minimum atomic E-state index is 0.515. The Morgan fingerprint density at radius 2 is 2.10 bits per heavy atom. The van der Waals surface area contributed by atoms with Crippen LogP contribution in [0.15, 0.2) is 29.4 Å². The molecule has 0 amide bonds. The number of nitrogens with one attached hydrogen (secondary N) is 2. The van der Waals surface area contributed by atoms with Crippen LogP contribution in [0.4, 0.5) is 5.69 Å². The van der Waals surface area contributed by atoms with E-state index in [1.54, 1.807) is 7.11 Å². The SMILES string of the molecule is COc1ccc(NC(=S)N/N=C2\CCC[C@@H](C)C2)cc1. The predicted molar refractivity (Wildman–Crippen MR) is 87.4 cm³/mol. The molecule has 5 heteroatoms. The van der Waals surface area contributed by atoms with Crippen molar-refractivity contribution in [3.8, 4) is 5.75 Å². The standard InChI is InChI=1S/C15H21N3OS/c1-11-4-3-5-13(10-11)17-18-15(20)16-12-6-8-14(19-2)9-7-12/h6-9,11H,3-5,10H2,1-2H3,(H2,16,18,20)/b17-13+/t11-/m1/s1. The second-order valence-corrected chi connectivity index (χ2v) is 5.58. The minimum absolute atomic E-state index is 0.515. The Balaban J connectivity index is 1.84. The van der Waals surface area contributed by atoms with E-state index in [0.717, 1.165) is 30.2 Å². The average Bonchev–Trinajstić information content (AvgIpc) is 2.46. The summed E-state index contributed by atoms with van der Waals surface area (Å²) in [4.78, 5) is 0. The van der Waals surface area contributed by atoms with Crippen LogP contribution in [-0.4, -0.2) is 17.9 Å². The molecule has 1 atom stereocenters. The van der Waals surface area contributed by atoms with E-state index in [2.05, 4.69) is 22.8 Å². The topological polar surface area (TPSA) is 45.6 Å². The van der Waals surface area contributed by atoms with Crippen molar-refractivity contribution in [2.75, 3.05) is 12.4 Å². The predicted octanol–water partition coefficient (Wildman–Crippen LogP) is 3.55. The molecular formula is C15H21N3OS. The zero-order valence-corrected chi connectivity index (χ0v) is 12.8. The third-order valence-corrected chi connectivity index (χ3v) is 3.60. The van der Waals surface area contributed by atoms with Gasteiger partial charge >= 0.3 is 0 Å². The van der Waals surface area contributed by atoms with Crippen LogP contribution in [0.2, 0.25) is 0 Å². The quantitative estimate of drug-likeness (QED) is 0.660. The maximum atomic E-state index is 5.23. The highest BCUT2D eigenvalue weighted by Crippen LogP contribution is 2.21. The number of ether oxygens (including phenoxy) is 1. The lowest BCUT2D eigenvalue weighted by Crippen LogP contribution is -2.26. The van der Waals surface area contributed by atoms with Gasteiger partial charge in [-0.05, 0) is 68.1 Å². The van der Waals surface area contributed by atoms with Gasteiger partial charge in [0.1, 0.15) is 5.75 Å². The zero-order valence-electron chi connectivity index (χ0n) is 12.0. The molecule has 1 fully saturated rings. The van der Waals surface area contributed by atoms with E-state index < -0.39 is 0 Å². The van der Waals surface area contributed by atoms with Crippen LogP contribution >= 0.6 is 12.2 Å². The van der Waals surface area contributed by atoms with E-state index in [1.165, 1.54) is 18.6 Å². The summed E-state index contributed by atoms with van der Waals surface area (Å²) in [6.07, 6.45) is 4.66. The fourth-order valence-electron chi connectivity index (χ4n) is 2.33. The van der Waals surface area contributed by atoms with Gasteiger partial charge in [-0.2, -0.15) is 5.10 Å². The van der Waals surface area contributed by atoms with E-state index >= 15 is 0 Å². The third kappa shape index (κ3) is 4.49. The van der Waals surface area contributed by atoms with E-state index in [0.29, 0.717) is 5.11 Å². The summed E-state index contributed by atoms with van der Waals surface area (Å²) in [6.45, 7) is 2.27. The number of benzene rings is 1. The van der Waals surface area contributed by atoms with Crippen LogP contribution in [0.25, 0.3) is 0 Å². The summed E-state index contributed by atoms with van der Waals surface area (Å²) in [6, 6.07) is 7.62. The van der Waals surface area contributed by atoms with Crippen molar-refractivity contribution in [3.63, 3.8) is 0 Å². The molecule has 1 saturated carbocycles. The average molecular weight is 291 g/mol. The Morgan fingerprint density at radius 1 is 1.35 bits per heavy atom. The fourth-order valence-corrected chi connectivity index (χ4v) is 2.49. The molecular weight excluding hydrogens is 270 g/mol. The van der Waals surface area contributed by atoms with Gasteiger partial charge in [-0.25, -0.2) is 0 Å². The lowest BCUT2D eigenvalue weighted by atomic mass is 9.89. The van der Waals surface area contributed by atoms with Crippen molar-refractivity contribution in [1.29, 1.82) is 0 Å². The molecule has 2 N–H and O–H groups in total. The molecule has 2 rings (SSSR count). The summed E-state index contributed by atoms with van der Waals surface area (Å²) >= 11 is 5.23. The van der Waals surface area contributed by atoms with Crippen LogP contribution in [0.3, 0.4) is 0 Å². The highest BCUT2D eigenvalue weighted by atomic mass is 32.1. The van der Waals surface area contributed by atoms with E-state index in [9.17, 15) is 0 Å². The second kappa shape index (κ2) is 7.24. The van der Waals surface area contributed by atoms with Crippen LogP contribution in [-0.2, 0) is 0 Å². The number of rotatable bonds is 3. The Hall–Kier alpha value is -1.62. The molecule has 0 saturated heterocycles. The maximum absolute atomic E-state index is 5.23. The lowest BCUT2D eigenvalue weighted by molar-refractivity contribution is 0.415. The van der Waals surface area contributed by atoms with Crippen LogP contribution < -0.4 is 15.5 Å². The summed E-state index contributed by atoms with van der Waals surface area (Å²) in [5, 5.41) is 8.02. The highest BCUT2D eigenvalue weighted by Gasteiger charge is 2.13. The van der Waals surface area contributed by atoms with E-state index in [4.69, 9.17) is 17.0 Å². The molecule has 0 unspecified atom stereocenters. The van der Waals surface area contributed by atoms with Gasteiger partial charge in [0.25, 0.3) is 0 Å². The van der Waals surface area contributed by atoms with Crippen LogP contribution in [0.5, 0.6) is 5.75 Å². The van der Waals surface area contributed by atoms with E-state index in [-0.39, 0.29) is 0 Å². The smallest absolute Gasteiger partial charge is 0.191 e. The number of anilines is 1. The first kappa shape index (κ1) is 14.8. The van der Waals surface area contributed by atoms with Crippen molar-refractivity contribution in [1.82, 2.24) is 5.43 Å². The van der Waals surface area contributed by atoms with Gasteiger partial charge in [0.05, 0.1) is 7.11 Å². The number of hydrazone groups is 1. The molecule has 0 bridgehead atoms. The molecule has 0 spiro atoms. The van der Waals surface area contributed by atoms with Crippen molar-refractivity contribution in [2.45, 2.75) is 32.6 Å². The third-order valence-electron chi connectivity index (χ3n) is 3.41. The van der Waals surface area contributed by atoms with Gasteiger partial charge in [-0.1, -0.05) is 6.92 Å². The summed E-state index contributed by atoms with van der Waals surface area (Å²) < 4.78 is 5.11. The van der Waals surface area contributed by atoms with Gasteiger partial charge in [-0.15, -0.1) is 0 Å². The first-order valence-corrected chi connectivity index (χ1v) is 7.34. The molecule has 0 radical (unpaired) electrons. The zero-order chi connectivity index (χ0) is 14.4. The molecule has 0 aliphatic heterocycles. The van der Waals surface area contributed by atoms with Crippen LogP contribution in [0, 0.1) is 5.92 Å². The highest BCUT2D eigenvalue weighted by molar-refractivity contribution is 7.80. The molecule has 1 aliphatic carbocycles. The van der Waals surface area contributed by atoms with Crippen molar-refractivity contribution in [3.05, 3.63) is 24.3 Å². The Morgan fingerprint density at radius 3 is 2.75 bits per heavy atom. The molecule has 1 aromatic carbocycles. The molecule has 1 aromatic rings. The summed E-state index contributed by atoms with van der Waals surface area (Å²) in [7, 11) is 1.65. The van der Waals surface area contributed by atoms with Gasteiger partial charge < -0.3 is 10.1 Å². The molecule has 108 valence electrons. The van der Waals surface area contributed by atoms with Crippen molar-refractivity contribution < 1.29 is 4.74 Å². The molecule has 20 heavy (non-hydrogen) atoms. The number of hydrogen-bond donors (Lipinski definition) is 2. The van der Waals surface area contributed by atoms with E-state index in [1.807, 2.05) is 24.3 Å². The normalized spacial score (nSPS) is 20.5. The largest absolute Gasteiger partial charge is 0.497 e. The van der Waals surface area contributed by atoms with Gasteiger partial charge in [-0.3, -0.25) is 5.43 Å². The molecule has 0 aromatic heterocycles. The van der Waals surface area contributed by atoms with Gasteiger partial charge in [0.15, 0.2) is 5.11 Å². The Labute approximate surface area is 125 Å². The number of methoxy groups -OCH3 is 1. The number of thiocarbonyl (C=S) groups is 1. The number of nitrogens with zero attached hydrogens (tertiary/aromatic N) is 1. The maximum Gasteiger partial charge on any atom is 0.191 e. The van der Waals surface area contributed by atoms with Crippen LogP contribution in [0.1, 0.15) is 32.6 Å². The molecule has 4 nitrogen and oxygen atoms in total. The summed E-state index contributed by atoms with van der Waals surface area (Å²) in [5.41, 5.74) is 5.05. The fraction of sp³-hybridized carbons (Fsp3) is 0.467. The number of hydrogen-bond acceptors (Lipinski definition) is 3. The Kier molecular flexibility index (Phi) is 5.35.